The molecular weight excluding hydrogens is 288 g/mol. The van der Waals surface area contributed by atoms with Crippen LogP contribution in [0.1, 0.15) is 26.3 Å². The Balaban J connectivity index is 1.82. The molecule has 0 spiro atoms. The highest BCUT2D eigenvalue weighted by molar-refractivity contribution is 6.25. The molecule has 0 unspecified atom stereocenters. The summed E-state index contributed by atoms with van der Waals surface area (Å²) >= 11 is 0. The van der Waals surface area contributed by atoms with Crippen molar-refractivity contribution in [2.75, 3.05) is 0 Å². The Morgan fingerprint density at radius 3 is 1.96 bits per heavy atom. The van der Waals surface area contributed by atoms with Gasteiger partial charge in [-0.3, -0.25) is 9.59 Å². The van der Waals surface area contributed by atoms with E-state index in [1.54, 1.807) is 12.1 Å². The van der Waals surface area contributed by atoms with Crippen molar-refractivity contribution in [1.29, 1.82) is 0 Å². The van der Waals surface area contributed by atoms with E-state index in [9.17, 15) is 9.59 Å². The van der Waals surface area contributed by atoms with Crippen molar-refractivity contribution < 1.29 is 9.59 Å². The molecule has 23 heavy (non-hydrogen) atoms. The monoisotopic (exact) mass is 300 g/mol. The summed E-state index contributed by atoms with van der Waals surface area (Å²) in [5.41, 5.74) is 1.83. The van der Waals surface area contributed by atoms with Crippen LogP contribution in [0, 0.1) is 0 Å². The Bertz CT molecular complexity index is 911. The highest BCUT2D eigenvalue weighted by Gasteiger charge is 2.32. The molecule has 0 saturated carbocycles. The average Bonchev–Trinajstić information content (AvgIpc) is 2.60. The van der Waals surface area contributed by atoms with Gasteiger partial charge in [0.2, 0.25) is 0 Å². The van der Waals surface area contributed by atoms with Gasteiger partial charge in [0.05, 0.1) is 17.3 Å². The number of hydrogen-bond acceptors (Lipinski definition) is 3. The van der Waals surface area contributed by atoms with Gasteiger partial charge in [0.1, 0.15) is 0 Å². The number of carbonyl (C=O) groups is 2. The second kappa shape index (κ2) is 5.18. The Hall–Kier alpha value is -3.27. The predicted molar refractivity (Wildman–Crippen MR) is 88.5 cm³/mol. The summed E-state index contributed by atoms with van der Waals surface area (Å²) in [7, 11) is 0. The lowest BCUT2D eigenvalue weighted by Crippen LogP contribution is -2.36. The summed E-state index contributed by atoms with van der Waals surface area (Å²) < 4.78 is 0. The molecule has 3 aromatic rings. The number of benzene rings is 3. The van der Waals surface area contributed by atoms with E-state index in [1.807, 2.05) is 54.6 Å². The Kier molecular flexibility index (Phi) is 3.01. The van der Waals surface area contributed by atoms with Crippen LogP contribution in [0.3, 0.4) is 0 Å². The third kappa shape index (κ3) is 2.12. The molecule has 0 aromatic heterocycles. The van der Waals surface area contributed by atoms with Crippen LogP contribution in [0.15, 0.2) is 71.8 Å². The largest absolute Gasteiger partial charge is 0.282 e. The molecule has 1 heterocycles. The first kappa shape index (κ1) is 13.4. The maximum absolute atomic E-state index is 12.6. The predicted octanol–water partition coefficient (Wildman–Crippen LogP) is 3.47. The molecule has 4 nitrogen and oxygen atoms in total. The van der Waals surface area contributed by atoms with E-state index in [0.717, 1.165) is 16.0 Å². The van der Waals surface area contributed by atoms with E-state index in [2.05, 4.69) is 5.10 Å². The third-order valence-corrected chi connectivity index (χ3v) is 3.87. The zero-order valence-electron chi connectivity index (χ0n) is 12.1. The quantitative estimate of drug-likeness (QED) is 0.537. The lowest BCUT2D eigenvalue weighted by Gasteiger charge is -2.22. The van der Waals surface area contributed by atoms with E-state index in [-0.39, 0.29) is 0 Å². The normalized spacial score (nSPS) is 14.0. The molecule has 0 fully saturated rings. The van der Waals surface area contributed by atoms with E-state index in [1.165, 1.54) is 6.21 Å². The highest BCUT2D eigenvalue weighted by Crippen LogP contribution is 2.29. The summed E-state index contributed by atoms with van der Waals surface area (Å²) in [6.07, 6.45) is 1.52. The average molecular weight is 300 g/mol. The molecule has 1 aliphatic rings. The minimum atomic E-state index is -0.397. The number of carbonyl (C=O) groups excluding carboxylic acids is 2. The van der Waals surface area contributed by atoms with Crippen LogP contribution in [0.2, 0.25) is 0 Å². The van der Waals surface area contributed by atoms with E-state index >= 15 is 0 Å². The van der Waals surface area contributed by atoms with Crippen LogP contribution in [0.5, 0.6) is 0 Å². The van der Waals surface area contributed by atoms with Gasteiger partial charge in [-0.2, -0.15) is 10.1 Å². The zero-order chi connectivity index (χ0) is 15.8. The van der Waals surface area contributed by atoms with Crippen LogP contribution in [-0.2, 0) is 0 Å². The van der Waals surface area contributed by atoms with Crippen molar-refractivity contribution >= 4 is 28.8 Å². The fourth-order valence-corrected chi connectivity index (χ4v) is 2.79. The van der Waals surface area contributed by atoms with E-state index in [4.69, 9.17) is 0 Å². The molecule has 2 amide bonds. The standard InChI is InChI=1S/C19H12N2O2/c22-18-15-10-4-8-14-9-5-11-16(17(14)15)19(23)21(18)20-12-13-6-2-1-3-7-13/h1-12H/b20-12-. The first-order chi connectivity index (χ1) is 11.3. The van der Waals surface area contributed by atoms with Crippen molar-refractivity contribution in [2.24, 2.45) is 5.10 Å². The lowest BCUT2D eigenvalue weighted by molar-refractivity contribution is 0.0616. The highest BCUT2D eigenvalue weighted by atomic mass is 16.2. The van der Waals surface area contributed by atoms with Gasteiger partial charge in [0.25, 0.3) is 11.8 Å². The summed E-state index contributed by atoms with van der Waals surface area (Å²) in [5.74, 6) is -0.794. The van der Waals surface area contributed by atoms with Gasteiger partial charge in [-0.15, -0.1) is 0 Å². The zero-order valence-corrected chi connectivity index (χ0v) is 12.1. The van der Waals surface area contributed by atoms with Crippen molar-refractivity contribution in [2.45, 2.75) is 0 Å². The molecule has 0 saturated heterocycles. The number of nitrogens with zero attached hydrogens (tertiary/aromatic N) is 2. The molecule has 4 rings (SSSR count). The van der Waals surface area contributed by atoms with Gasteiger partial charge in [-0.25, -0.2) is 0 Å². The van der Waals surface area contributed by atoms with Crippen LogP contribution < -0.4 is 0 Å². The van der Waals surface area contributed by atoms with Gasteiger partial charge in [-0.1, -0.05) is 54.6 Å². The Morgan fingerprint density at radius 2 is 1.35 bits per heavy atom. The number of rotatable bonds is 2. The second-order valence-corrected chi connectivity index (χ2v) is 5.29. The fourth-order valence-electron chi connectivity index (χ4n) is 2.79. The molecule has 1 aliphatic heterocycles. The fraction of sp³-hybridized carbons (Fsp3) is 0. The number of hydrazone groups is 1. The van der Waals surface area contributed by atoms with Crippen LogP contribution in [0.4, 0.5) is 0 Å². The van der Waals surface area contributed by atoms with E-state index in [0.29, 0.717) is 16.5 Å². The molecular formula is C19H12N2O2. The topological polar surface area (TPSA) is 49.7 Å². The van der Waals surface area contributed by atoms with Crippen LogP contribution in [0.25, 0.3) is 10.8 Å². The smallest absolute Gasteiger partial charge is 0.267 e. The third-order valence-electron chi connectivity index (χ3n) is 3.87. The molecule has 0 N–H and O–H groups in total. The van der Waals surface area contributed by atoms with E-state index < -0.39 is 11.8 Å². The molecule has 0 radical (unpaired) electrons. The van der Waals surface area contributed by atoms with Gasteiger partial charge in [0.15, 0.2) is 0 Å². The first-order valence-corrected chi connectivity index (χ1v) is 7.25. The maximum Gasteiger partial charge on any atom is 0.282 e. The lowest BCUT2D eigenvalue weighted by atomic mass is 9.95. The molecule has 0 atom stereocenters. The molecule has 0 aliphatic carbocycles. The van der Waals surface area contributed by atoms with Crippen molar-refractivity contribution in [1.82, 2.24) is 5.01 Å². The molecule has 4 heteroatoms. The molecule has 0 bridgehead atoms. The summed E-state index contributed by atoms with van der Waals surface area (Å²) in [6, 6.07) is 20.2. The van der Waals surface area contributed by atoms with Crippen molar-refractivity contribution in [3.05, 3.63) is 83.4 Å². The molecule has 3 aromatic carbocycles. The van der Waals surface area contributed by atoms with Gasteiger partial charge in [0, 0.05) is 5.39 Å². The van der Waals surface area contributed by atoms with Crippen LogP contribution in [-0.4, -0.2) is 23.0 Å². The minimum Gasteiger partial charge on any atom is -0.267 e. The van der Waals surface area contributed by atoms with Gasteiger partial charge >= 0.3 is 0 Å². The van der Waals surface area contributed by atoms with Crippen LogP contribution >= 0.6 is 0 Å². The Labute approximate surface area is 132 Å². The number of imide groups is 1. The van der Waals surface area contributed by atoms with Crippen molar-refractivity contribution in [3.63, 3.8) is 0 Å². The summed E-state index contributed by atoms with van der Waals surface area (Å²) in [5, 5.41) is 6.63. The minimum absolute atomic E-state index is 0.397. The SMILES string of the molecule is O=C1c2cccc3cccc(c23)C(=O)N1/N=C\c1ccccc1. The summed E-state index contributed by atoms with van der Waals surface area (Å²) in [6.45, 7) is 0. The number of amides is 2. The first-order valence-electron chi connectivity index (χ1n) is 7.25. The number of hydrogen-bond donors (Lipinski definition) is 0. The Morgan fingerprint density at radius 1 is 0.739 bits per heavy atom. The summed E-state index contributed by atoms with van der Waals surface area (Å²) in [4.78, 5) is 25.3. The van der Waals surface area contributed by atoms with Gasteiger partial charge in [-0.05, 0) is 23.1 Å². The second-order valence-electron chi connectivity index (χ2n) is 5.29. The maximum atomic E-state index is 12.6. The van der Waals surface area contributed by atoms with Crippen molar-refractivity contribution in [3.8, 4) is 0 Å². The van der Waals surface area contributed by atoms with Gasteiger partial charge < -0.3 is 0 Å². The molecule has 110 valence electrons.